The van der Waals surface area contributed by atoms with Crippen molar-refractivity contribution in [2.24, 2.45) is 5.92 Å². The van der Waals surface area contributed by atoms with Crippen LogP contribution < -0.4 is 0 Å². The van der Waals surface area contributed by atoms with E-state index < -0.39 is 11.6 Å². The van der Waals surface area contributed by atoms with E-state index in [0.717, 1.165) is 18.5 Å². The molecule has 1 fully saturated rings. The quantitative estimate of drug-likeness (QED) is 0.880. The van der Waals surface area contributed by atoms with E-state index in [1.165, 1.54) is 0 Å². The van der Waals surface area contributed by atoms with Crippen LogP contribution in [0.3, 0.4) is 0 Å². The van der Waals surface area contributed by atoms with Crippen molar-refractivity contribution in [3.05, 3.63) is 66.0 Å². The van der Waals surface area contributed by atoms with Crippen molar-refractivity contribution in [2.75, 3.05) is 19.6 Å². The van der Waals surface area contributed by atoms with E-state index in [0.29, 0.717) is 25.2 Å². The molecule has 2 atom stereocenters. The van der Waals surface area contributed by atoms with Crippen LogP contribution in [0.5, 0.6) is 0 Å². The maximum Gasteiger partial charge on any atom is 0.307 e. The minimum atomic E-state index is -1.26. The van der Waals surface area contributed by atoms with Gasteiger partial charge in [0.2, 0.25) is 0 Å². The lowest BCUT2D eigenvalue weighted by molar-refractivity contribution is -0.144. The van der Waals surface area contributed by atoms with Crippen molar-refractivity contribution in [1.29, 1.82) is 0 Å². The molecule has 1 saturated heterocycles. The van der Waals surface area contributed by atoms with Crippen molar-refractivity contribution in [2.45, 2.75) is 18.4 Å². The number of piperidine rings is 1. The third-order valence-electron chi connectivity index (χ3n) is 4.65. The number of pyridine rings is 1. The molecule has 3 rings (SSSR count). The first-order chi connectivity index (χ1) is 11.6. The predicted molar refractivity (Wildman–Crippen MR) is 90.5 cm³/mol. The number of hydrogen-bond donors (Lipinski definition) is 2. The molecule has 5 nitrogen and oxygen atoms in total. The Bertz CT molecular complexity index is 636. The number of hydrogen-bond acceptors (Lipinski definition) is 4. The Morgan fingerprint density at radius 1 is 1.21 bits per heavy atom. The average Bonchev–Trinajstić information content (AvgIpc) is 2.63. The molecule has 1 aromatic heterocycles. The van der Waals surface area contributed by atoms with Gasteiger partial charge >= 0.3 is 5.97 Å². The van der Waals surface area contributed by atoms with E-state index in [4.69, 9.17) is 0 Å². The molecule has 24 heavy (non-hydrogen) atoms. The molecule has 0 saturated carbocycles. The summed E-state index contributed by atoms with van der Waals surface area (Å²) in [6.07, 6.45) is 3.18. The van der Waals surface area contributed by atoms with Crippen LogP contribution in [-0.4, -0.2) is 45.7 Å². The second-order valence-corrected chi connectivity index (χ2v) is 6.35. The van der Waals surface area contributed by atoms with Crippen molar-refractivity contribution in [1.82, 2.24) is 9.88 Å². The van der Waals surface area contributed by atoms with E-state index in [1.54, 1.807) is 6.20 Å². The predicted octanol–water partition coefficient (Wildman–Crippen LogP) is 2.11. The fourth-order valence-electron chi connectivity index (χ4n) is 3.37. The highest BCUT2D eigenvalue weighted by Gasteiger charge is 2.37. The fourth-order valence-corrected chi connectivity index (χ4v) is 3.37. The van der Waals surface area contributed by atoms with Gasteiger partial charge in [-0.2, -0.15) is 0 Å². The van der Waals surface area contributed by atoms with Crippen molar-refractivity contribution in [3.8, 4) is 0 Å². The molecule has 0 amide bonds. The van der Waals surface area contributed by atoms with E-state index in [-0.39, 0.29) is 5.92 Å². The maximum atomic E-state index is 11.5. The highest BCUT2D eigenvalue weighted by Crippen LogP contribution is 2.30. The number of aromatic nitrogens is 1. The van der Waals surface area contributed by atoms with Gasteiger partial charge in [-0.1, -0.05) is 36.4 Å². The number of β-amino-alcohol motifs (C(OH)–C–C–N with tert-alkyl or cyclic N) is 1. The van der Waals surface area contributed by atoms with Gasteiger partial charge in [-0.15, -0.1) is 0 Å². The minimum Gasteiger partial charge on any atom is -0.481 e. The summed E-state index contributed by atoms with van der Waals surface area (Å²) in [6.45, 7) is 1.57. The van der Waals surface area contributed by atoms with Crippen LogP contribution in [0, 0.1) is 5.92 Å². The molecule has 1 unspecified atom stereocenters. The summed E-state index contributed by atoms with van der Waals surface area (Å²) < 4.78 is 0. The number of benzene rings is 1. The lowest BCUT2D eigenvalue weighted by Gasteiger charge is -2.37. The average molecular weight is 326 g/mol. The molecular weight excluding hydrogens is 304 g/mol. The summed E-state index contributed by atoms with van der Waals surface area (Å²) in [6, 6.07) is 14.9. The van der Waals surface area contributed by atoms with Crippen LogP contribution >= 0.6 is 0 Å². The Balaban J connectivity index is 1.90. The molecule has 2 aromatic rings. The van der Waals surface area contributed by atoms with Gasteiger partial charge in [0, 0.05) is 19.3 Å². The third-order valence-corrected chi connectivity index (χ3v) is 4.65. The summed E-state index contributed by atoms with van der Waals surface area (Å²) in [4.78, 5) is 17.7. The summed E-state index contributed by atoms with van der Waals surface area (Å²) in [7, 11) is 0. The second-order valence-electron chi connectivity index (χ2n) is 6.35. The molecule has 0 spiro atoms. The van der Waals surface area contributed by atoms with Crippen LogP contribution in [0.1, 0.15) is 24.1 Å². The number of carboxylic acids is 1. The van der Waals surface area contributed by atoms with Crippen LogP contribution in [0.4, 0.5) is 0 Å². The van der Waals surface area contributed by atoms with Crippen molar-refractivity contribution in [3.63, 3.8) is 0 Å². The van der Waals surface area contributed by atoms with Crippen LogP contribution in [0.15, 0.2) is 54.7 Å². The van der Waals surface area contributed by atoms with Gasteiger partial charge < -0.3 is 10.2 Å². The zero-order chi connectivity index (χ0) is 17.0. The zero-order valence-corrected chi connectivity index (χ0v) is 13.5. The number of rotatable bonds is 5. The lowest BCUT2D eigenvalue weighted by Crippen LogP contribution is -2.47. The van der Waals surface area contributed by atoms with E-state index in [9.17, 15) is 15.0 Å². The van der Waals surface area contributed by atoms with Gasteiger partial charge in [-0.25, -0.2) is 0 Å². The Morgan fingerprint density at radius 3 is 2.62 bits per heavy atom. The van der Waals surface area contributed by atoms with Crippen LogP contribution in [-0.2, 0) is 10.4 Å². The van der Waals surface area contributed by atoms with Gasteiger partial charge in [-0.05, 0) is 37.1 Å². The number of aliphatic carboxylic acids is 1. The maximum absolute atomic E-state index is 11.5. The number of carboxylic acid groups (broad SMARTS) is 1. The molecule has 5 heteroatoms. The molecule has 0 radical (unpaired) electrons. The standard InChI is InChI=1S/C19H22N2O3/c22-18(23)15-7-6-12-21(13-15)14-19(24,16-8-2-1-3-9-16)17-10-4-5-11-20-17/h1-5,8-11,15,24H,6-7,12-14H2,(H,22,23)/t15-,19?/m0/s1. The molecular formula is C19H22N2O3. The molecule has 2 N–H and O–H groups in total. The van der Waals surface area contributed by atoms with Crippen molar-refractivity contribution < 1.29 is 15.0 Å². The van der Waals surface area contributed by atoms with E-state index in [2.05, 4.69) is 4.98 Å². The van der Waals surface area contributed by atoms with Gasteiger partial charge in [0.05, 0.1) is 11.6 Å². The summed E-state index contributed by atoms with van der Waals surface area (Å²) in [5, 5.41) is 20.8. The first kappa shape index (κ1) is 16.6. The van der Waals surface area contributed by atoms with Crippen molar-refractivity contribution >= 4 is 5.97 Å². The van der Waals surface area contributed by atoms with Crippen LogP contribution in [0.25, 0.3) is 0 Å². The number of likely N-dealkylation sites (tertiary alicyclic amines) is 1. The summed E-state index contributed by atoms with van der Waals surface area (Å²) >= 11 is 0. The van der Waals surface area contributed by atoms with Gasteiger partial charge in [0.15, 0.2) is 0 Å². The minimum absolute atomic E-state index is 0.331. The Hall–Kier alpha value is -2.24. The second kappa shape index (κ2) is 7.11. The SMILES string of the molecule is O=C(O)[C@H]1CCCN(CC(O)(c2ccccc2)c2ccccn2)C1. The first-order valence-electron chi connectivity index (χ1n) is 8.24. The highest BCUT2D eigenvalue weighted by atomic mass is 16.4. The summed E-state index contributed by atoms with van der Waals surface area (Å²) in [5.74, 6) is -1.14. The Labute approximate surface area is 141 Å². The normalized spacial score (nSPS) is 21.1. The monoisotopic (exact) mass is 326 g/mol. The molecule has 1 aliphatic heterocycles. The Morgan fingerprint density at radius 2 is 1.96 bits per heavy atom. The highest BCUT2D eigenvalue weighted by molar-refractivity contribution is 5.70. The number of aliphatic hydroxyl groups is 1. The first-order valence-corrected chi connectivity index (χ1v) is 8.24. The molecule has 126 valence electrons. The number of nitrogens with zero attached hydrogens (tertiary/aromatic N) is 2. The van der Waals surface area contributed by atoms with E-state index >= 15 is 0 Å². The molecule has 2 heterocycles. The molecule has 1 aliphatic rings. The molecule has 0 aliphatic carbocycles. The third kappa shape index (κ3) is 3.47. The van der Waals surface area contributed by atoms with E-state index in [1.807, 2.05) is 53.4 Å². The topological polar surface area (TPSA) is 73.7 Å². The van der Waals surface area contributed by atoms with Gasteiger partial charge in [-0.3, -0.25) is 14.7 Å². The summed E-state index contributed by atoms with van der Waals surface area (Å²) in [5.41, 5.74) is 0.0814. The van der Waals surface area contributed by atoms with Gasteiger partial charge in [0.1, 0.15) is 5.60 Å². The number of carbonyl (C=O) groups is 1. The fraction of sp³-hybridized carbons (Fsp3) is 0.368. The molecule has 0 bridgehead atoms. The zero-order valence-electron chi connectivity index (χ0n) is 13.5. The van der Waals surface area contributed by atoms with Gasteiger partial charge in [0.25, 0.3) is 0 Å². The largest absolute Gasteiger partial charge is 0.481 e. The Kier molecular flexibility index (Phi) is 4.92. The lowest BCUT2D eigenvalue weighted by atomic mass is 9.87. The molecule has 1 aromatic carbocycles. The van der Waals surface area contributed by atoms with Crippen LogP contribution in [0.2, 0.25) is 0 Å². The smallest absolute Gasteiger partial charge is 0.307 e.